The summed E-state index contributed by atoms with van der Waals surface area (Å²) < 4.78 is 5.37. The first kappa shape index (κ1) is 16.4. The Hall–Kier alpha value is -2.00. The second-order valence-electron chi connectivity index (χ2n) is 5.74. The maximum absolute atomic E-state index is 12.7. The van der Waals surface area contributed by atoms with E-state index in [0.29, 0.717) is 16.5 Å². The number of halogens is 1. The van der Waals surface area contributed by atoms with Gasteiger partial charge in [0.05, 0.1) is 12.5 Å². The molecule has 1 N–H and O–H groups in total. The monoisotopic (exact) mass is 317 g/mol. The van der Waals surface area contributed by atoms with Crippen molar-refractivity contribution in [3.05, 3.63) is 58.6 Å². The van der Waals surface area contributed by atoms with Crippen LogP contribution in [0.3, 0.4) is 0 Å². The van der Waals surface area contributed by atoms with E-state index in [1.165, 1.54) is 0 Å². The molecular formula is C18H20ClNO2. The van der Waals surface area contributed by atoms with Gasteiger partial charge in [-0.1, -0.05) is 35.9 Å². The normalized spacial score (nSPS) is 11.1. The highest BCUT2D eigenvalue weighted by molar-refractivity contribution is 6.31. The van der Waals surface area contributed by atoms with E-state index in [1.807, 2.05) is 57.2 Å². The molecule has 3 nitrogen and oxygen atoms in total. The van der Waals surface area contributed by atoms with Crippen molar-refractivity contribution in [2.75, 3.05) is 12.4 Å². The van der Waals surface area contributed by atoms with Crippen molar-refractivity contribution in [1.29, 1.82) is 0 Å². The van der Waals surface area contributed by atoms with Crippen LogP contribution in [0.25, 0.3) is 0 Å². The van der Waals surface area contributed by atoms with Gasteiger partial charge < -0.3 is 10.1 Å². The molecule has 22 heavy (non-hydrogen) atoms. The van der Waals surface area contributed by atoms with Crippen LogP contribution in [-0.2, 0) is 10.2 Å². The zero-order valence-electron chi connectivity index (χ0n) is 13.2. The molecule has 0 unspecified atom stereocenters. The number of amides is 1. The van der Waals surface area contributed by atoms with Crippen LogP contribution in [0.1, 0.15) is 25.0 Å². The zero-order chi connectivity index (χ0) is 16.3. The molecule has 0 bridgehead atoms. The summed E-state index contributed by atoms with van der Waals surface area (Å²) in [7, 11) is 1.60. The van der Waals surface area contributed by atoms with E-state index in [9.17, 15) is 4.79 Å². The summed E-state index contributed by atoms with van der Waals surface area (Å²) in [5.41, 5.74) is 1.77. The highest BCUT2D eigenvalue weighted by Gasteiger charge is 2.32. The largest absolute Gasteiger partial charge is 0.496 e. The second kappa shape index (κ2) is 6.41. The molecule has 0 saturated carbocycles. The van der Waals surface area contributed by atoms with E-state index < -0.39 is 5.41 Å². The van der Waals surface area contributed by atoms with Gasteiger partial charge >= 0.3 is 0 Å². The number of carbonyl (C=O) groups excluding carboxylic acids is 1. The van der Waals surface area contributed by atoms with Crippen LogP contribution in [0.5, 0.6) is 5.75 Å². The topological polar surface area (TPSA) is 38.3 Å². The lowest BCUT2D eigenvalue weighted by Crippen LogP contribution is -2.35. The van der Waals surface area contributed by atoms with Gasteiger partial charge in [0.25, 0.3) is 0 Å². The van der Waals surface area contributed by atoms with Crippen LogP contribution >= 0.6 is 11.6 Å². The molecule has 2 aromatic carbocycles. The summed E-state index contributed by atoms with van der Waals surface area (Å²) in [6.07, 6.45) is 0. The Labute approximate surface area is 136 Å². The zero-order valence-corrected chi connectivity index (χ0v) is 14.0. The van der Waals surface area contributed by atoms with Gasteiger partial charge in [-0.2, -0.15) is 0 Å². The fraction of sp³-hybridized carbons (Fsp3) is 0.278. The molecule has 0 atom stereocenters. The molecule has 0 aliphatic carbocycles. The molecule has 0 aliphatic heterocycles. The van der Waals surface area contributed by atoms with Crippen molar-refractivity contribution < 1.29 is 9.53 Å². The number of rotatable bonds is 4. The van der Waals surface area contributed by atoms with E-state index in [4.69, 9.17) is 16.3 Å². The first-order valence-electron chi connectivity index (χ1n) is 7.07. The average molecular weight is 318 g/mol. The minimum atomic E-state index is -0.732. The Kier molecular flexibility index (Phi) is 4.77. The summed E-state index contributed by atoms with van der Waals surface area (Å²) in [6, 6.07) is 13.0. The Balaban J connectivity index is 2.28. The number of hydrogen-bond acceptors (Lipinski definition) is 2. The molecule has 0 aliphatic rings. The van der Waals surface area contributed by atoms with Gasteiger partial charge in [0.2, 0.25) is 5.91 Å². The van der Waals surface area contributed by atoms with E-state index in [0.717, 1.165) is 11.1 Å². The molecule has 0 saturated heterocycles. The lowest BCUT2D eigenvalue weighted by atomic mass is 9.83. The summed E-state index contributed by atoms with van der Waals surface area (Å²) in [6.45, 7) is 5.67. The predicted molar refractivity (Wildman–Crippen MR) is 90.8 cm³/mol. The van der Waals surface area contributed by atoms with Crippen LogP contribution in [0.2, 0.25) is 5.02 Å². The Morgan fingerprint density at radius 1 is 1.18 bits per heavy atom. The highest BCUT2D eigenvalue weighted by atomic mass is 35.5. The smallest absolute Gasteiger partial charge is 0.234 e. The third-order valence-corrected chi connectivity index (χ3v) is 4.18. The lowest BCUT2D eigenvalue weighted by molar-refractivity contribution is -0.120. The third-order valence-electron chi connectivity index (χ3n) is 3.78. The minimum Gasteiger partial charge on any atom is -0.496 e. The second-order valence-corrected chi connectivity index (χ2v) is 6.15. The number of aryl methyl sites for hydroxylation is 1. The fourth-order valence-corrected chi connectivity index (χ4v) is 2.42. The van der Waals surface area contributed by atoms with Gasteiger partial charge in [-0.25, -0.2) is 0 Å². The summed E-state index contributed by atoms with van der Waals surface area (Å²) in [5.74, 6) is 0.585. The number of ether oxygens (including phenoxy) is 1. The number of para-hydroxylation sites is 1. The van der Waals surface area contributed by atoms with Crippen molar-refractivity contribution in [3.63, 3.8) is 0 Å². The molecule has 0 spiro atoms. The molecule has 0 radical (unpaired) electrons. The number of benzene rings is 2. The number of hydrogen-bond donors (Lipinski definition) is 1. The quantitative estimate of drug-likeness (QED) is 0.896. The van der Waals surface area contributed by atoms with Crippen LogP contribution in [-0.4, -0.2) is 13.0 Å². The summed E-state index contributed by atoms with van der Waals surface area (Å²) in [4.78, 5) is 12.7. The lowest BCUT2D eigenvalue weighted by Gasteiger charge is -2.26. The van der Waals surface area contributed by atoms with Crippen LogP contribution < -0.4 is 10.1 Å². The Morgan fingerprint density at radius 2 is 1.86 bits per heavy atom. The van der Waals surface area contributed by atoms with Crippen molar-refractivity contribution in [3.8, 4) is 5.75 Å². The van der Waals surface area contributed by atoms with Gasteiger partial charge in [-0.15, -0.1) is 0 Å². The van der Waals surface area contributed by atoms with Crippen LogP contribution in [0, 0.1) is 6.92 Å². The standard InChI is InChI=1S/C18H20ClNO2/c1-12-9-10-13(11-15(12)19)20-17(21)18(2,3)14-7-5-6-8-16(14)22-4/h5-11H,1-4H3,(H,20,21). The van der Waals surface area contributed by atoms with Crippen molar-refractivity contribution in [1.82, 2.24) is 0 Å². The molecule has 116 valence electrons. The minimum absolute atomic E-state index is 0.114. The fourth-order valence-electron chi connectivity index (χ4n) is 2.24. The molecule has 0 heterocycles. The molecule has 0 aromatic heterocycles. The number of anilines is 1. The van der Waals surface area contributed by atoms with Crippen LogP contribution in [0.4, 0.5) is 5.69 Å². The van der Waals surface area contributed by atoms with Crippen LogP contribution in [0.15, 0.2) is 42.5 Å². The average Bonchev–Trinajstić information content (AvgIpc) is 2.50. The van der Waals surface area contributed by atoms with Gasteiger partial charge in [0, 0.05) is 16.3 Å². The number of methoxy groups -OCH3 is 1. The van der Waals surface area contributed by atoms with E-state index >= 15 is 0 Å². The van der Waals surface area contributed by atoms with Gasteiger partial charge in [0.1, 0.15) is 5.75 Å². The Bertz CT molecular complexity index is 695. The SMILES string of the molecule is COc1ccccc1C(C)(C)C(=O)Nc1ccc(C)c(Cl)c1. The summed E-state index contributed by atoms with van der Waals surface area (Å²) in [5, 5.41) is 3.55. The first-order chi connectivity index (χ1) is 10.4. The van der Waals surface area contributed by atoms with E-state index in [1.54, 1.807) is 13.2 Å². The molecule has 4 heteroatoms. The third kappa shape index (κ3) is 3.25. The number of carbonyl (C=O) groups is 1. The summed E-state index contributed by atoms with van der Waals surface area (Å²) >= 11 is 6.10. The predicted octanol–water partition coefficient (Wildman–Crippen LogP) is 4.57. The molecule has 2 rings (SSSR count). The van der Waals surface area contributed by atoms with Gasteiger partial charge in [-0.05, 0) is 44.5 Å². The Morgan fingerprint density at radius 3 is 2.50 bits per heavy atom. The van der Waals surface area contributed by atoms with E-state index in [-0.39, 0.29) is 5.91 Å². The van der Waals surface area contributed by atoms with Crippen molar-refractivity contribution >= 4 is 23.2 Å². The van der Waals surface area contributed by atoms with Crippen molar-refractivity contribution in [2.45, 2.75) is 26.2 Å². The molecule has 1 amide bonds. The van der Waals surface area contributed by atoms with E-state index in [2.05, 4.69) is 5.32 Å². The maximum Gasteiger partial charge on any atom is 0.234 e. The molecule has 0 fully saturated rings. The van der Waals surface area contributed by atoms with Gasteiger partial charge in [-0.3, -0.25) is 4.79 Å². The highest BCUT2D eigenvalue weighted by Crippen LogP contribution is 2.32. The van der Waals surface area contributed by atoms with Gasteiger partial charge in [0.15, 0.2) is 0 Å². The van der Waals surface area contributed by atoms with Crippen molar-refractivity contribution in [2.24, 2.45) is 0 Å². The molecule has 2 aromatic rings. The maximum atomic E-state index is 12.7. The number of nitrogens with one attached hydrogen (secondary N) is 1. The molecular weight excluding hydrogens is 298 g/mol. The first-order valence-corrected chi connectivity index (χ1v) is 7.45.